The molecular weight excluding hydrogens is 221 g/mol. The van der Waals surface area contributed by atoms with Crippen molar-refractivity contribution in [2.45, 2.75) is 50.9 Å². The molecule has 0 amide bonds. The Hall–Kier alpha value is -0.780. The Morgan fingerprint density at radius 1 is 1.38 bits per heavy atom. The lowest BCUT2D eigenvalue weighted by Crippen LogP contribution is -2.41. The highest BCUT2D eigenvalue weighted by Crippen LogP contribution is 2.38. The van der Waals surface area contributed by atoms with Gasteiger partial charge in [-0.2, -0.15) is 13.2 Å². The van der Waals surface area contributed by atoms with Gasteiger partial charge in [0.05, 0.1) is 6.04 Å². The second kappa shape index (κ2) is 5.03. The average molecular weight is 238 g/mol. The fourth-order valence-electron chi connectivity index (χ4n) is 1.99. The molecule has 0 fully saturated rings. The van der Waals surface area contributed by atoms with Crippen LogP contribution in [0.1, 0.15) is 32.6 Å². The predicted molar refractivity (Wildman–Crippen MR) is 55.1 cm³/mol. The number of hydrogen-bond donors (Lipinski definition) is 2. The third-order valence-electron chi connectivity index (χ3n) is 2.85. The fourth-order valence-corrected chi connectivity index (χ4v) is 1.99. The first kappa shape index (κ1) is 13.3. The zero-order valence-corrected chi connectivity index (χ0v) is 9.17. The number of hydrogen-bond acceptors (Lipinski definition) is 3. The number of nitrogens with two attached hydrogens (primary N) is 1. The maximum atomic E-state index is 12.7. The quantitative estimate of drug-likeness (QED) is 0.734. The molecule has 1 heterocycles. The molecule has 0 aromatic carbocycles. The Morgan fingerprint density at radius 3 is 2.50 bits per heavy atom. The van der Waals surface area contributed by atoms with Crippen molar-refractivity contribution in [3.05, 3.63) is 0 Å². The van der Waals surface area contributed by atoms with Gasteiger partial charge in [0, 0.05) is 0 Å². The number of aliphatic hydroxyl groups is 1. The SMILES string of the molecule is CCCCCC1N=C(N)C(O)C1C(F)(F)F. The minimum absolute atomic E-state index is 0.288. The van der Waals surface area contributed by atoms with Crippen LogP contribution in [0.5, 0.6) is 0 Å². The molecule has 3 nitrogen and oxygen atoms in total. The number of aliphatic imine (C=N–C) groups is 1. The van der Waals surface area contributed by atoms with Gasteiger partial charge in [-0.25, -0.2) is 0 Å². The number of unbranched alkanes of at least 4 members (excludes halogenated alkanes) is 2. The average Bonchev–Trinajstić information content (AvgIpc) is 2.42. The van der Waals surface area contributed by atoms with E-state index in [-0.39, 0.29) is 5.84 Å². The number of alkyl halides is 3. The zero-order chi connectivity index (χ0) is 12.3. The van der Waals surface area contributed by atoms with Crippen LogP contribution in [0.3, 0.4) is 0 Å². The molecule has 0 aromatic rings. The third-order valence-corrected chi connectivity index (χ3v) is 2.85. The molecule has 94 valence electrons. The second-order valence-corrected chi connectivity index (χ2v) is 4.13. The fraction of sp³-hybridized carbons (Fsp3) is 0.900. The molecule has 0 aromatic heterocycles. The van der Waals surface area contributed by atoms with Crippen molar-refractivity contribution in [2.75, 3.05) is 0 Å². The van der Waals surface area contributed by atoms with Crippen LogP contribution in [-0.2, 0) is 0 Å². The van der Waals surface area contributed by atoms with E-state index in [0.29, 0.717) is 12.8 Å². The van der Waals surface area contributed by atoms with Gasteiger partial charge in [0.1, 0.15) is 17.9 Å². The third kappa shape index (κ3) is 2.87. The molecule has 0 saturated heterocycles. The molecule has 3 unspecified atom stereocenters. The maximum Gasteiger partial charge on any atom is 0.396 e. The van der Waals surface area contributed by atoms with E-state index in [2.05, 4.69) is 4.99 Å². The van der Waals surface area contributed by atoms with Crippen LogP contribution >= 0.6 is 0 Å². The molecule has 16 heavy (non-hydrogen) atoms. The van der Waals surface area contributed by atoms with E-state index in [1.165, 1.54) is 0 Å². The predicted octanol–water partition coefficient (Wildman–Crippen LogP) is 1.85. The minimum atomic E-state index is -4.44. The van der Waals surface area contributed by atoms with E-state index in [1.807, 2.05) is 6.92 Å². The van der Waals surface area contributed by atoms with Gasteiger partial charge >= 0.3 is 6.18 Å². The number of rotatable bonds is 4. The molecule has 0 saturated carbocycles. The smallest absolute Gasteiger partial charge is 0.385 e. The molecule has 3 atom stereocenters. The number of halogens is 3. The highest BCUT2D eigenvalue weighted by atomic mass is 19.4. The highest BCUT2D eigenvalue weighted by molar-refractivity contribution is 5.87. The van der Waals surface area contributed by atoms with Crippen molar-refractivity contribution in [1.29, 1.82) is 0 Å². The Bertz CT molecular complexity index is 265. The summed E-state index contributed by atoms with van der Waals surface area (Å²) in [5, 5.41) is 9.34. The highest BCUT2D eigenvalue weighted by Gasteiger charge is 2.53. The van der Waals surface area contributed by atoms with Crippen molar-refractivity contribution in [3.63, 3.8) is 0 Å². The first-order valence-corrected chi connectivity index (χ1v) is 5.45. The lowest BCUT2D eigenvalue weighted by molar-refractivity contribution is -0.193. The minimum Gasteiger partial charge on any atom is -0.385 e. The van der Waals surface area contributed by atoms with Crippen molar-refractivity contribution < 1.29 is 18.3 Å². The summed E-state index contributed by atoms with van der Waals surface area (Å²) in [5.41, 5.74) is 5.26. The monoisotopic (exact) mass is 238 g/mol. The van der Waals surface area contributed by atoms with Crippen LogP contribution in [0, 0.1) is 5.92 Å². The van der Waals surface area contributed by atoms with Gasteiger partial charge in [-0.05, 0) is 6.42 Å². The van der Waals surface area contributed by atoms with Gasteiger partial charge in [-0.15, -0.1) is 0 Å². The summed E-state index contributed by atoms with van der Waals surface area (Å²) >= 11 is 0. The van der Waals surface area contributed by atoms with Crippen LogP contribution < -0.4 is 5.73 Å². The van der Waals surface area contributed by atoms with E-state index < -0.39 is 24.2 Å². The van der Waals surface area contributed by atoms with E-state index in [4.69, 9.17) is 5.73 Å². The van der Waals surface area contributed by atoms with Crippen LogP contribution in [0.15, 0.2) is 4.99 Å². The summed E-state index contributed by atoms with van der Waals surface area (Å²) in [5.74, 6) is -2.12. The van der Waals surface area contributed by atoms with Gasteiger partial charge in [-0.3, -0.25) is 4.99 Å². The molecule has 1 aliphatic heterocycles. The summed E-state index contributed by atoms with van der Waals surface area (Å²) in [6.45, 7) is 1.97. The van der Waals surface area contributed by atoms with Gasteiger partial charge in [-0.1, -0.05) is 26.2 Å². The van der Waals surface area contributed by atoms with Crippen LogP contribution in [-0.4, -0.2) is 29.3 Å². The summed E-state index contributed by atoms with van der Waals surface area (Å²) in [6, 6.07) is -0.915. The number of amidine groups is 1. The van der Waals surface area contributed by atoms with Crippen LogP contribution in [0.2, 0.25) is 0 Å². The summed E-state index contributed by atoms with van der Waals surface area (Å²) in [4.78, 5) is 3.71. The Labute approximate surface area is 92.5 Å². The molecule has 3 N–H and O–H groups in total. The van der Waals surface area contributed by atoms with Gasteiger partial charge in [0.2, 0.25) is 0 Å². The molecule has 1 aliphatic rings. The van der Waals surface area contributed by atoms with Crippen molar-refractivity contribution >= 4 is 5.84 Å². The Morgan fingerprint density at radius 2 is 2.00 bits per heavy atom. The topological polar surface area (TPSA) is 58.6 Å². The normalized spacial score (nSPS) is 30.6. The lowest BCUT2D eigenvalue weighted by Gasteiger charge is -2.23. The van der Waals surface area contributed by atoms with E-state index in [0.717, 1.165) is 12.8 Å². The molecular formula is C10H17F3N2O. The van der Waals surface area contributed by atoms with Crippen molar-refractivity contribution in [3.8, 4) is 0 Å². The van der Waals surface area contributed by atoms with Crippen molar-refractivity contribution in [2.24, 2.45) is 16.6 Å². The molecule has 0 bridgehead atoms. The van der Waals surface area contributed by atoms with Gasteiger partial charge in [0.25, 0.3) is 0 Å². The summed E-state index contributed by atoms with van der Waals surface area (Å²) in [6.07, 6.45) is -3.31. The first-order valence-electron chi connectivity index (χ1n) is 5.45. The van der Waals surface area contributed by atoms with Gasteiger partial charge in [0.15, 0.2) is 0 Å². The summed E-state index contributed by atoms with van der Waals surface area (Å²) in [7, 11) is 0. The molecule has 1 rings (SSSR count). The zero-order valence-electron chi connectivity index (χ0n) is 9.17. The first-order chi connectivity index (χ1) is 7.38. The van der Waals surface area contributed by atoms with E-state index in [9.17, 15) is 18.3 Å². The summed E-state index contributed by atoms with van der Waals surface area (Å²) < 4.78 is 38.0. The number of nitrogens with zero attached hydrogens (tertiary/aromatic N) is 1. The standard InChI is InChI=1S/C10H17F3N2O/c1-2-3-4-5-6-7(10(11,12)13)8(16)9(14)15-6/h6-8,16H,2-5H2,1H3,(H2,14,15). The number of aliphatic hydroxyl groups excluding tert-OH is 1. The molecule has 6 heteroatoms. The molecule has 0 radical (unpaired) electrons. The molecule has 0 aliphatic carbocycles. The second-order valence-electron chi connectivity index (χ2n) is 4.13. The Kier molecular flexibility index (Phi) is 4.18. The maximum absolute atomic E-state index is 12.7. The van der Waals surface area contributed by atoms with E-state index in [1.54, 1.807) is 0 Å². The largest absolute Gasteiger partial charge is 0.396 e. The Balaban J connectivity index is 2.66. The van der Waals surface area contributed by atoms with Crippen molar-refractivity contribution in [1.82, 2.24) is 0 Å². The van der Waals surface area contributed by atoms with Crippen LogP contribution in [0.25, 0.3) is 0 Å². The van der Waals surface area contributed by atoms with Gasteiger partial charge < -0.3 is 10.8 Å². The lowest BCUT2D eigenvalue weighted by atomic mass is 9.92. The molecule has 0 spiro atoms. The van der Waals surface area contributed by atoms with E-state index >= 15 is 0 Å². The van der Waals surface area contributed by atoms with Crippen LogP contribution in [0.4, 0.5) is 13.2 Å².